The standard InChI is InChI=1S/C8H12NO2/c10-5-7-8(11)6-1-3-9(7)4-2-6/h6-7H,1-5H2. The fourth-order valence-corrected chi connectivity index (χ4v) is 2.14. The van der Waals surface area contributed by atoms with Crippen molar-refractivity contribution >= 4 is 5.78 Å². The van der Waals surface area contributed by atoms with Gasteiger partial charge in [-0.1, -0.05) is 0 Å². The minimum Gasteiger partial charge on any atom is -0.298 e. The minimum absolute atomic E-state index is 0.206. The van der Waals surface area contributed by atoms with Crippen molar-refractivity contribution in [2.24, 2.45) is 5.92 Å². The van der Waals surface area contributed by atoms with E-state index in [-0.39, 0.29) is 24.3 Å². The van der Waals surface area contributed by atoms with Crippen LogP contribution < -0.4 is 0 Å². The van der Waals surface area contributed by atoms with Crippen molar-refractivity contribution in [2.75, 3.05) is 19.7 Å². The summed E-state index contributed by atoms with van der Waals surface area (Å²) in [5.41, 5.74) is 0. The number of hydrogen-bond acceptors (Lipinski definition) is 2. The molecule has 3 heteroatoms. The number of carbonyl (C=O) groups is 1. The molecule has 3 rings (SSSR count). The molecular weight excluding hydrogens is 142 g/mol. The molecule has 3 fully saturated rings. The molecule has 3 nitrogen and oxygen atoms in total. The topological polar surface area (TPSA) is 40.2 Å². The first-order valence-electron chi connectivity index (χ1n) is 4.19. The Morgan fingerprint density at radius 3 is 2.36 bits per heavy atom. The molecular formula is C8H12NO2. The van der Waals surface area contributed by atoms with Gasteiger partial charge in [0.25, 0.3) is 0 Å². The third-order valence-corrected chi connectivity index (χ3v) is 2.86. The van der Waals surface area contributed by atoms with Crippen molar-refractivity contribution in [2.45, 2.75) is 18.9 Å². The largest absolute Gasteiger partial charge is 0.298 e. The number of Topliss-reactive ketones (excluding diaryl/α,β-unsaturated/α-hetero) is 1. The zero-order valence-electron chi connectivity index (χ0n) is 6.45. The van der Waals surface area contributed by atoms with Crippen LogP contribution in [0, 0.1) is 5.92 Å². The van der Waals surface area contributed by atoms with Crippen LogP contribution in [0.5, 0.6) is 0 Å². The second-order valence-corrected chi connectivity index (χ2v) is 3.40. The summed E-state index contributed by atoms with van der Waals surface area (Å²) in [5.74, 6) is 0.427. The summed E-state index contributed by atoms with van der Waals surface area (Å²) in [7, 11) is 0. The van der Waals surface area contributed by atoms with E-state index in [2.05, 4.69) is 0 Å². The molecule has 2 bridgehead atoms. The fourth-order valence-electron chi connectivity index (χ4n) is 2.14. The minimum atomic E-state index is -0.275. The first-order valence-corrected chi connectivity index (χ1v) is 4.19. The molecule has 3 saturated heterocycles. The number of fused-ring (bicyclic) bond motifs is 3. The molecule has 0 N–H and O–H groups in total. The third kappa shape index (κ3) is 0.993. The van der Waals surface area contributed by atoms with Crippen molar-refractivity contribution in [3.63, 3.8) is 0 Å². The Hall–Kier alpha value is -0.410. The van der Waals surface area contributed by atoms with Gasteiger partial charge in [-0.05, 0) is 25.9 Å². The summed E-state index contributed by atoms with van der Waals surface area (Å²) < 4.78 is 0. The number of hydrogen-bond donors (Lipinski definition) is 0. The Morgan fingerprint density at radius 2 is 2.00 bits per heavy atom. The molecule has 0 aromatic carbocycles. The molecule has 1 atom stereocenters. The van der Waals surface area contributed by atoms with Crippen molar-refractivity contribution in [3.8, 4) is 0 Å². The van der Waals surface area contributed by atoms with Crippen LogP contribution in [0.2, 0.25) is 0 Å². The average Bonchev–Trinajstić information content (AvgIpc) is 2.06. The van der Waals surface area contributed by atoms with E-state index in [9.17, 15) is 9.90 Å². The molecule has 0 aliphatic carbocycles. The quantitative estimate of drug-likeness (QED) is 0.536. The van der Waals surface area contributed by atoms with Crippen LogP contribution in [-0.2, 0) is 9.90 Å². The molecule has 3 aliphatic heterocycles. The van der Waals surface area contributed by atoms with Crippen LogP contribution in [0.3, 0.4) is 0 Å². The molecule has 11 heavy (non-hydrogen) atoms. The van der Waals surface area contributed by atoms with E-state index in [1.54, 1.807) is 0 Å². The lowest BCUT2D eigenvalue weighted by molar-refractivity contribution is -0.140. The van der Waals surface area contributed by atoms with Gasteiger partial charge in [-0.2, -0.15) is 0 Å². The highest BCUT2D eigenvalue weighted by Crippen LogP contribution is 2.28. The molecule has 0 amide bonds. The van der Waals surface area contributed by atoms with Gasteiger partial charge in [0.05, 0.1) is 6.04 Å². The normalized spacial score (nSPS) is 43.0. The van der Waals surface area contributed by atoms with Gasteiger partial charge >= 0.3 is 0 Å². The SMILES string of the molecule is [O]CC1C(=O)C2CCN1CC2. The van der Waals surface area contributed by atoms with Crippen molar-refractivity contribution in [1.29, 1.82) is 0 Å². The van der Waals surface area contributed by atoms with Gasteiger partial charge in [0, 0.05) is 5.92 Å². The van der Waals surface area contributed by atoms with E-state index in [1.807, 2.05) is 4.90 Å². The first kappa shape index (κ1) is 7.25. The zero-order valence-corrected chi connectivity index (χ0v) is 6.45. The van der Waals surface area contributed by atoms with Crippen LogP contribution in [0.15, 0.2) is 0 Å². The Labute approximate surface area is 66.0 Å². The maximum absolute atomic E-state index is 11.4. The molecule has 61 valence electrons. The van der Waals surface area contributed by atoms with Gasteiger partial charge in [-0.25, -0.2) is 5.11 Å². The molecule has 0 spiro atoms. The summed E-state index contributed by atoms with van der Waals surface area (Å²) in [4.78, 5) is 13.4. The highest BCUT2D eigenvalue weighted by Gasteiger charge is 2.40. The first-order chi connectivity index (χ1) is 5.33. The van der Waals surface area contributed by atoms with Crippen LogP contribution >= 0.6 is 0 Å². The smallest absolute Gasteiger partial charge is 0.155 e. The maximum atomic E-state index is 11.4. The predicted molar refractivity (Wildman–Crippen MR) is 38.6 cm³/mol. The number of carbonyl (C=O) groups excluding carboxylic acids is 1. The Kier molecular flexibility index (Phi) is 1.69. The van der Waals surface area contributed by atoms with Gasteiger partial charge < -0.3 is 0 Å². The van der Waals surface area contributed by atoms with E-state index in [4.69, 9.17) is 0 Å². The van der Waals surface area contributed by atoms with Crippen molar-refractivity contribution < 1.29 is 9.90 Å². The lowest BCUT2D eigenvalue weighted by atomic mass is 9.82. The summed E-state index contributed by atoms with van der Waals surface area (Å²) in [6, 6.07) is -0.275. The second kappa shape index (κ2) is 2.57. The van der Waals surface area contributed by atoms with Gasteiger partial charge in [0.2, 0.25) is 0 Å². The lowest BCUT2D eigenvalue weighted by Gasteiger charge is -2.42. The highest BCUT2D eigenvalue weighted by molar-refractivity contribution is 5.87. The molecule has 0 aromatic heterocycles. The molecule has 0 saturated carbocycles. The number of rotatable bonds is 1. The molecule has 1 unspecified atom stereocenters. The number of ketones is 1. The average molecular weight is 154 g/mol. The molecule has 3 heterocycles. The van der Waals surface area contributed by atoms with Gasteiger partial charge in [-0.15, -0.1) is 0 Å². The predicted octanol–water partition coefficient (Wildman–Crippen LogP) is 0.0802. The summed E-state index contributed by atoms with van der Waals surface area (Å²) in [5, 5.41) is 10.6. The van der Waals surface area contributed by atoms with Crippen molar-refractivity contribution in [1.82, 2.24) is 4.90 Å². The van der Waals surface area contributed by atoms with E-state index >= 15 is 0 Å². The Balaban J connectivity index is 2.16. The molecule has 0 aromatic rings. The lowest BCUT2D eigenvalue weighted by Crippen LogP contribution is -2.56. The van der Waals surface area contributed by atoms with E-state index in [1.165, 1.54) is 0 Å². The van der Waals surface area contributed by atoms with Crippen LogP contribution in [0.25, 0.3) is 0 Å². The van der Waals surface area contributed by atoms with Crippen molar-refractivity contribution in [3.05, 3.63) is 0 Å². The second-order valence-electron chi connectivity index (χ2n) is 3.40. The summed E-state index contributed by atoms with van der Waals surface area (Å²) in [6.45, 7) is 1.68. The van der Waals surface area contributed by atoms with E-state index in [0.717, 1.165) is 25.9 Å². The number of nitrogens with zero attached hydrogens (tertiary/aromatic N) is 1. The van der Waals surface area contributed by atoms with E-state index in [0.29, 0.717) is 0 Å². The van der Waals surface area contributed by atoms with Crippen LogP contribution in [0.1, 0.15) is 12.8 Å². The third-order valence-electron chi connectivity index (χ3n) is 2.86. The Bertz CT molecular complexity index is 173. The maximum Gasteiger partial charge on any atom is 0.155 e. The monoisotopic (exact) mass is 154 g/mol. The van der Waals surface area contributed by atoms with Crippen LogP contribution in [-0.4, -0.2) is 36.4 Å². The number of piperidine rings is 3. The summed E-state index contributed by atoms with van der Waals surface area (Å²) >= 11 is 0. The fraction of sp³-hybridized carbons (Fsp3) is 0.875. The van der Waals surface area contributed by atoms with E-state index < -0.39 is 0 Å². The molecule has 1 radical (unpaired) electrons. The Morgan fingerprint density at radius 1 is 1.36 bits per heavy atom. The highest BCUT2D eigenvalue weighted by atomic mass is 16.3. The molecule has 3 aliphatic rings. The van der Waals surface area contributed by atoms with Gasteiger partial charge in [0.15, 0.2) is 5.78 Å². The summed E-state index contributed by atoms with van der Waals surface area (Å²) in [6.07, 6.45) is 1.96. The van der Waals surface area contributed by atoms with Gasteiger partial charge in [0.1, 0.15) is 6.61 Å². The van der Waals surface area contributed by atoms with Crippen LogP contribution in [0.4, 0.5) is 0 Å². The van der Waals surface area contributed by atoms with Gasteiger partial charge in [-0.3, -0.25) is 9.69 Å². The zero-order chi connectivity index (χ0) is 7.84.